The molecule has 0 spiro atoms. The number of halogens is 4. The summed E-state index contributed by atoms with van der Waals surface area (Å²) in [6, 6.07) is 12.6. The molecule has 0 unspecified atom stereocenters. The van der Waals surface area contributed by atoms with Gasteiger partial charge in [-0.1, -0.05) is 18.2 Å². The molecule has 0 radical (unpaired) electrons. The van der Waals surface area contributed by atoms with Gasteiger partial charge in [0.15, 0.2) is 0 Å². The summed E-state index contributed by atoms with van der Waals surface area (Å²) in [6.45, 7) is -3.34. The molecule has 0 bridgehead atoms. The maximum absolute atomic E-state index is 14.8. The highest BCUT2D eigenvalue weighted by atomic mass is 32.1. The summed E-state index contributed by atoms with van der Waals surface area (Å²) in [5.74, 6) is -2.13. The van der Waals surface area contributed by atoms with E-state index in [0.717, 1.165) is 50.4 Å². The molecular formula is C28H23F4N5O3S. The molecule has 0 aliphatic rings. The second kappa shape index (κ2) is 11.2. The number of hydrogen-bond acceptors (Lipinski definition) is 7. The minimum atomic E-state index is -3.12. The summed E-state index contributed by atoms with van der Waals surface area (Å²) in [6.07, 6.45) is 1.04. The van der Waals surface area contributed by atoms with Crippen LogP contribution in [-0.4, -0.2) is 39.7 Å². The van der Waals surface area contributed by atoms with Crippen LogP contribution in [0.25, 0.3) is 26.3 Å². The molecule has 5 aromatic rings. The molecule has 0 aliphatic carbocycles. The number of pyridine rings is 1. The van der Waals surface area contributed by atoms with Crippen LogP contribution < -0.4 is 21.7 Å². The van der Waals surface area contributed by atoms with E-state index in [-0.39, 0.29) is 21.5 Å². The Morgan fingerprint density at radius 3 is 2.27 bits per heavy atom. The van der Waals surface area contributed by atoms with Gasteiger partial charge in [-0.15, -0.1) is 11.3 Å². The number of nitrogens with two attached hydrogens (primary N) is 1. The van der Waals surface area contributed by atoms with Crippen LogP contribution in [-0.2, 0) is 13.1 Å². The molecule has 0 aliphatic heterocycles. The van der Waals surface area contributed by atoms with E-state index in [1.165, 1.54) is 12.1 Å². The van der Waals surface area contributed by atoms with Crippen LogP contribution in [0.2, 0.25) is 0 Å². The topological polar surface area (TPSA) is 95.4 Å². The van der Waals surface area contributed by atoms with Crippen molar-refractivity contribution in [3.8, 4) is 22.0 Å². The number of thiophene rings is 1. The van der Waals surface area contributed by atoms with Gasteiger partial charge in [0.2, 0.25) is 5.88 Å². The molecule has 3 heterocycles. The fourth-order valence-electron chi connectivity index (χ4n) is 4.48. The van der Waals surface area contributed by atoms with Gasteiger partial charge in [-0.2, -0.15) is 8.78 Å². The number of nitrogens with zero attached hydrogens (tertiary/aromatic N) is 4. The van der Waals surface area contributed by atoms with Crippen molar-refractivity contribution in [3.63, 3.8) is 0 Å². The Hall–Kier alpha value is -4.49. The van der Waals surface area contributed by atoms with Gasteiger partial charge in [-0.05, 0) is 55.6 Å². The Morgan fingerprint density at radius 2 is 1.68 bits per heavy atom. The van der Waals surface area contributed by atoms with Crippen molar-refractivity contribution >= 4 is 27.2 Å². The van der Waals surface area contributed by atoms with Gasteiger partial charge in [-0.3, -0.25) is 9.36 Å². The minimum absolute atomic E-state index is 0.0395. The molecule has 0 amide bonds. The van der Waals surface area contributed by atoms with Crippen LogP contribution in [0.4, 0.5) is 23.2 Å². The van der Waals surface area contributed by atoms with E-state index in [9.17, 15) is 27.2 Å². The van der Waals surface area contributed by atoms with Crippen molar-refractivity contribution in [1.82, 2.24) is 19.0 Å². The predicted octanol–water partition coefficient (Wildman–Crippen LogP) is 4.85. The number of aromatic nitrogens is 3. The SMILES string of the molecule is CN(C)Cc1c(-c2ccc(N)cc2)sc2c1c(=O)n(-c1ccc(OC(F)F)nc1)c(=O)n2Cc1c(F)cccc1F. The van der Waals surface area contributed by atoms with Crippen molar-refractivity contribution in [3.05, 3.63) is 104 Å². The highest BCUT2D eigenvalue weighted by Gasteiger charge is 2.25. The maximum Gasteiger partial charge on any atom is 0.388 e. The van der Waals surface area contributed by atoms with Gasteiger partial charge >= 0.3 is 12.3 Å². The van der Waals surface area contributed by atoms with Crippen molar-refractivity contribution in [2.45, 2.75) is 19.7 Å². The number of anilines is 1. The molecule has 8 nitrogen and oxygen atoms in total. The summed E-state index contributed by atoms with van der Waals surface area (Å²) in [5, 5.41) is 0.166. The summed E-state index contributed by atoms with van der Waals surface area (Å²) in [5.41, 5.74) is 5.73. The molecule has 2 N–H and O–H groups in total. The number of alkyl halides is 2. The standard InChI is InChI=1S/C28H23F4N5O3S/c1-35(2)13-19-23-25(38)37(17-10-11-22(34-12-17)40-27(31)32)28(39)36(14-18-20(29)4-3-5-21(18)30)26(23)41-24(19)15-6-8-16(33)9-7-15/h3-12,27H,13-14,33H2,1-2H3. The first-order valence-electron chi connectivity index (χ1n) is 12.2. The normalized spacial score (nSPS) is 11.6. The van der Waals surface area contributed by atoms with Crippen LogP contribution >= 0.6 is 11.3 Å². The molecular weight excluding hydrogens is 562 g/mol. The van der Waals surface area contributed by atoms with E-state index >= 15 is 0 Å². The number of rotatable bonds is 8. The van der Waals surface area contributed by atoms with E-state index in [2.05, 4.69) is 9.72 Å². The van der Waals surface area contributed by atoms with Gasteiger partial charge in [0.25, 0.3) is 5.56 Å². The van der Waals surface area contributed by atoms with Crippen LogP contribution in [0.3, 0.4) is 0 Å². The molecule has 41 heavy (non-hydrogen) atoms. The fraction of sp³-hybridized carbons (Fsp3) is 0.179. The van der Waals surface area contributed by atoms with Crippen LogP contribution in [0.5, 0.6) is 5.88 Å². The third-order valence-electron chi connectivity index (χ3n) is 6.29. The summed E-state index contributed by atoms with van der Waals surface area (Å²) in [4.78, 5) is 34.5. The predicted molar refractivity (Wildman–Crippen MR) is 149 cm³/mol. The van der Waals surface area contributed by atoms with Crippen LogP contribution in [0, 0.1) is 11.6 Å². The zero-order valence-corrected chi connectivity index (χ0v) is 22.6. The molecule has 5 rings (SSSR count). The molecule has 13 heteroatoms. The van der Waals surface area contributed by atoms with Crippen LogP contribution in [0.1, 0.15) is 11.1 Å². The molecule has 212 valence electrons. The third kappa shape index (κ3) is 5.45. The molecule has 3 aromatic heterocycles. The third-order valence-corrected chi connectivity index (χ3v) is 7.59. The number of nitrogen functional groups attached to an aromatic ring is 1. The lowest BCUT2D eigenvalue weighted by molar-refractivity contribution is -0.0528. The highest BCUT2D eigenvalue weighted by molar-refractivity contribution is 7.22. The van der Waals surface area contributed by atoms with Crippen molar-refractivity contribution in [2.24, 2.45) is 0 Å². The molecule has 2 aromatic carbocycles. The Morgan fingerprint density at radius 1 is 1.00 bits per heavy atom. The van der Waals surface area contributed by atoms with E-state index in [1.807, 2.05) is 19.0 Å². The summed E-state index contributed by atoms with van der Waals surface area (Å²) in [7, 11) is 3.62. The van der Waals surface area contributed by atoms with Gasteiger partial charge in [0.05, 0.1) is 23.8 Å². The fourth-order valence-corrected chi connectivity index (χ4v) is 5.78. The maximum atomic E-state index is 14.8. The molecule has 0 fully saturated rings. The summed E-state index contributed by atoms with van der Waals surface area (Å²) >= 11 is 1.14. The van der Waals surface area contributed by atoms with Gasteiger partial charge in [0, 0.05) is 28.7 Å². The average molecular weight is 586 g/mol. The average Bonchev–Trinajstić information content (AvgIpc) is 3.27. The Bertz CT molecular complexity index is 1830. The Kier molecular flexibility index (Phi) is 7.65. The highest BCUT2D eigenvalue weighted by Crippen LogP contribution is 2.38. The molecule has 0 saturated heterocycles. The van der Waals surface area contributed by atoms with Crippen LogP contribution in [0.15, 0.2) is 70.4 Å². The van der Waals surface area contributed by atoms with Gasteiger partial charge < -0.3 is 15.4 Å². The lowest BCUT2D eigenvalue weighted by atomic mass is 10.1. The second-order valence-corrected chi connectivity index (χ2v) is 10.4. The van der Waals surface area contributed by atoms with Crippen molar-refractivity contribution in [2.75, 3.05) is 19.8 Å². The zero-order valence-electron chi connectivity index (χ0n) is 21.8. The number of ether oxygens (including phenoxy) is 1. The first-order valence-corrected chi connectivity index (χ1v) is 13.0. The zero-order chi connectivity index (χ0) is 29.4. The lowest BCUT2D eigenvalue weighted by Crippen LogP contribution is -2.39. The van der Waals surface area contributed by atoms with Crippen molar-refractivity contribution in [1.29, 1.82) is 0 Å². The second-order valence-electron chi connectivity index (χ2n) is 9.39. The smallest absolute Gasteiger partial charge is 0.388 e. The lowest BCUT2D eigenvalue weighted by Gasteiger charge is -2.15. The number of fused-ring (bicyclic) bond motifs is 1. The first kappa shape index (κ1) is 28.1. The largest absolute Gasteiger partial charge is 0.417 e. The number of hydrogen-bond donors (Lipinski definition) is 1. The van der Waals surface area contributed by atoms with E-state index in [4.69, 9.17) is 5.73 Å². The Labute approximate surface area is 234 Å². The van der Waals surface area contributed by atoms with E-state index in [0.29, 0.717) is 22.7 Å². The van der Waals surface area contributed by atoms with Gasteiger partial charge in [0.1, 0.15) is 16.5 Å². The van der Waals surface area contributed by atoms with E-state index in [1.54, 1.807) is 24.3 Å². The number of benzene rings is 2. The first-order chi connectivity index (χ1) is 19.5. The summed E-state index contributed by atoms with van der Waals surface area (Å²) < 4.78 is 61.0. The monoisotopic (exact) mass is 585 g/mol. The molecule has 0 atom stereocenters. The molecule has 0 saturated carbocycles. The van der Waals surface area contributed by atoms with E-state index < -0.39 is 41.9 Å². The quantitative estimate of drug-likeness (QED) is 0.207. The van der Waals surface area contributed by atoms with Gasteiger partial charge in [-0.25, -0.2) is 23.1 Å². The van der Waals surface area contributed by atoms with Crippen molar-refractivity contribution < 1.29 is 22.3 Å². The Balaban J connectivity index is 1.85. The minimum Gasteiger partial charge on any atom is -0.417 e.